The van der Waals surface area contributed by atoms with Crippen LogP contribution in [0.4, 0.5) is 0 Å². The van der Waals surface area contributed by atoms with Crippen LogP contribution in [0.2, 0.25) is 0 Å². The Hall–Kier alpha value is -2.31. The predicted molar refractivity (Wildman–Crippen MR) is 92.9 cm³/mol. The Morgan fingerprint density at radius 1 is 1.24 bits per heavy atom. The molecule has 6 heteroatoms. The van der Waals surface area contributed by atoms with Crippen LogP contribution in [0.3, 0.4) is 0 Å². The molecule has 1 aliphatic rings. The van der Waals surface area contributed by atoms with Gasteiger partial charge in [-0.2, -0.15) is 0 Å². The Labute approximate surface area is 147 Å². The molecule has 25 heavy (non-hydrogen) atoms. The van der Waals surface area contributed by atoms with Crippen LogP contribution < -0.4 is 15.0 Å². The minimum absolute atomic E-state index is 0.0885. The van der Waals surface area contributed by atoms with Gasteiger partial charge in [0, 0.05) is 5.56 Å². The van der Waals surface area contributed by atoms with Crippen molar-refractivity contribution in [3.05, 3.63) is 54.0 Å². The molecule has 1 saturated heterocycles. The molecular weight excluding hydrogens is 320 g/mol. The van der Waals surface area contributed by atoms with E-state index in [1.165, 1.54) is 4.90 Å². The Balaban J connectivity index is 1.62. The lowest BCUT2D eigenvalue weighted by Crippen LogP contribution is -3.15. The zero-order valence-electron chi connectivity index (χ0n) is 14.5. The van der Waals surface area contributed by atoms with Crippen molar-refractivity contribution in [2.24, 2.45) is 0 Å². The maximum absolute atomic E-state index is 12.5. The summed E-state index contributed by atoms with van der Waals surface area (Å²) in [6.07, 6.45) is 1.68. The highest BCUT2D eigenvalue weighted by atomic mass is 16.5. The summed E-state index contributed by atoms with van der Waals surface area (Å²) in [6.45, 7) is 6.35. The van der Waals surface area contributed by atoms with Crippen LogP contribution in [-0.2, 0) is 4.74 Å². The van der Waals surface area contributed by atoms with Crippen LogP contribution in [0.1, 0.15) is 29.1 Å². The van der Waals surface area contributed by atoms with Crippen molar-refractivity contribution in [1.29, 1.82) is 0 Å². The van der Waals surface area contributed by atoms with Crippen LogP contribution in [0.5, 0.6) is 5.75 Å². The number of benzene rings is 1. The van der Waals surface area contributed by atoms with E-state index in [-0.39, 0.29) is 11.9 Å². The van der Waals surface area contributed by atoms with Crippen molar-refractivity contribution in [3.8, 4) is 5.75 Å². The molecule has 1 amide bonds. The Morgan fingerprint density at radius 3 is 2.64 bits per heavy atom. The second-order valence-electron chi connectivity index (χ2n) is 6.01. The molecule has 1 aromatic carbocycles. The summed E-state index contributed by atoms with van der Waals surface area (Å²) in [6, 6.07) is 11.1. The maximum atomic E-state index is 12.5. The van der Waals surface area contributed by atoms with Gasteiger partial charge in [-0.1, -0.05) is 0 Å². The van der Waals surface area contributed by atoms with Gasteiger partial charge in [-0.25, -0.2) is 0 Å². The highest BCUT2D eigenvalue weighted by Gasteiger charge is 2.29. The summed E-state index contributed by atoms with van der Waals surface area (Å²) in [7, 11) is 0. The molecule has 0 radical (unpaired) electrons. The quantitative estimate of drug-likeness (QED) is 0.788. The number of furan rings is 1. The molecule has 0 spiro atoms. The fraction of sp³-hybridized carbons (Fsp3) is 0.421. The minimum atomic E-state index is -0.0905. The number of rotatable bonds is 7. The van der Waals surface area contributed by atoms with Gasteiger partial charge in [0.25, 0.3) is 5.91 Å². The maximum Gasteiger partial charge on any atom is 0.251 e. The summed E-state index contributed by atoms with van der Waals surface area (Å²) < 4.78 is 16.5. The molecule has 0 unspecified atom stereocenters. The average molecular weight is 345 g/mol. The molecule has 1 atom stereocenters. The molecule has 0 bridgehead atoms. The van der Waals surface area contributed by atoms with Crippen molar-refractivity contribution in [2.45, 2.75) is 13.0 Å². The highest BCUT2D eigenvalue weighted by molar-refractivity contribution is 5.94. The number of carbonyl (C=O) groups excluding carboxylic acids is 1. The number of carbonyl (C=O) groups is 1. The minimum Gasteiger partial charge on any atom is -0.494 e. The van der Waals surface area contributed by atoms with Gasteiger partial charge in [-0.3, -0.25) is 4.79 Å². The molecule has 2 aromatic rings. The smallest absolute Gasteiger partial charge is 0.251 e. The molecule has 0 aliphatic carbocycles. The summed E-state index contributed by atoms with van der Waals surface area (Å²) in [5.74, 6) is 1.57. The lowest BCUT2D eigenvalue weighted by atomic mass is 10.1. The van der Waals surface area contributed by atoms with Crippen molar-refractivity contribution >= 4 is 5.91 Å². The van der Waals surface area contributed by atoms with E-state index >= 15 is 0 Å². The lowest BCUT2D eigenvalue weighted by Gasteiger charge is -2.30. The first-order valence-electron chi connectivity index (χ1n) is 8.74. The first-order chi connectivity index (χ1) is 12.3. The van der Waals surface area contributed by atoms with E-state index in [9.17, 15) is 4.79 Å². The van der Waals surface area contributed by atoms with Crippen molar-refractivity contribution in [1.82, 2.24) is 5.32 Å². The molecule has 134 valence electrons. The molecule has 1 fully saturated rings. The van der Waals surface area contributed by atoms with E-state index in [4.69, 9.17) is 13.9 Å². The first kappa shape index (κ1) is 17.5. The van der Waals surface area contributed by atoms with Gasteiger partial charge >= 0.3 is 0 Å². The molecular formula is C19H25N2O4+. The zero-order chi connectivity index (χ0) is 17.5. The van der Waals surface area contributed by atoms with Gasteiger partial charge in [0.05, 0.1) is 32.6 Å². The Morgan fingerprint density at radius 2 is 2.00 bits per heavy atom. The van der Waals surface area contributed by atoms with E-state index < -0.39 is 0 Å². The molecule has 1 aliphatic heterocycles. The summed E-state index contributed by atoms with van der Waals surface area (Å²) in [5.41, 5.74) is 0.624. The largest absolute Gasteiger partial charge is 0.494 e. The van der Waals surface area contributed by atoms with Gasteiger partial charge < -0.3 is 24.1 Å². The fourth-order valence-corrected chi connectivity index (χ4v) is 3.08. The number of ether oxygens (including phenoxy) is 2. The second kappa shape index (κ2) is 8.69. The van der Waals surface area contributed by atoms with E-state index in [0.29, 0.717) is 18.7 Å². The molecule has 2 N–H and O–H groups in total. The lowest BCUT2D eigenvalue weighted by molar-refractivity contribution is -0.938. The van der Waals surface area contributed by atoms with Gasteiger partial charge in [-0.05, 0) is 43.3 Å². The van der Waals surface area contributed by atoms with Crippen molar-refractivity contribution in [3.63, 3.8) is 0 Å². The monoisotopic (exact) mass is 345 g/mol. The molecule has 2 heterocycles. The molecule has 6 nitrogen and oxygen atoms in total. The van der Waals surface area contributed by atoms with Gasteiger partial charge in [0.15, 0.2) is 11.8 Å². The number of amides is 1. The first-order valence-corrected chi connectivity index (χ1v) is 8.74. The fourth-order valence-electron chi connectivity index (χ4n) is 3.08. The Bertz CT molecular complexity index is 649. The molecule has 3 rings (SSSR count). The third kappa shape index (κ3) is 4.61. The van der Waals surface area contributed by atoms with Crippen molar-refractivity contribution < 1.29 is 23.6 Å². The van der Waals surface area contributed by atoms with Crippen LogP contribution in [0, 0.1) is 0 Å². The van der Waals surface area contributed by atoms with Gasteiger partial charge in [0.1, 0.15) is 18.8 Å². The van der Waals surface area contributed by atoms with Crippen LogP contribution in [0.25, 0.3) is 0 Å². The van der Waals surface area contributed by atoms with E-state index in [1.807, 2.05) is 31.2 Å². The average Bonchev–Trinajstić information content (AvgIpc) is 3.18. The standard InChI is InChI=1S/C19H24N2O4/c1-2-24-16-7-5-15(6-8-16)19(22)20-14-17(18-4-3-11-25-18)21-9-12-23-13-10-21/h3-8,11,17H,2,9-10,12-14H2,1H3,(H,20,22)/p+1/t17-/m1/s1. The number of quaternary nitrogens is 1. The zero-order valence-corrected chi connectivity index (χ0v) is 14.5. The summed E-state index contributed by atoms with van der Waals surface area (Å²) in [4.78, 5) is 13.8. The van der Waals surface area contributed by atoms with Gasteiger partial charge in [-0.15, -0.1) is 0 Å². The van der Waals surface area contributed by atoms with Crippen LogP contribution >= 0.6 is 0 Å². The second-order valence-corrected chi connectivity index (χ2v) is 6.01. The van der Waals surface area contributed by atoms with Crippen LogP contribution in [-0.4, -0.2) is 45.4 Å². The molecule has 0 saturated carbocycles. The summed E-state index contributed by atoms with van der Waals surface area (Å²) >= 11 is 0. The summed E-state index contributed by atoms with van der Waals surface area (Å²) in [5, 5.41) is 3.03. The topological polar surface area (TPSA) is 65.1 Å². The third-order valence-corrected chi connectivity index (χ3v) is 4.41. The van der Waals surface area contributed by atoms with E-state index in [1.54, 1.807) is 18.4 Å². The number of nitrogens with one attached hydrogen (secondary N) is 2. The van der Waals surface area contributed by atoms with Gasteiger partial charge in [0.2, 0.25) is 0 Å². The predicted octanol–water partition coefficient (Wildman–Crippen LogP) is 1.06. The normalized spacial score (nSPS) is 16.4. The SMILES string of the molecule is CCOc1ccc(C(=O)NC[C@H](c2ccco2)[NH+]2CCOCC2)cc1. The van der Waals surface area contributed by atoms with E-state index in [0.717, 1.165) is 37.8 Å². The number of hydrogen-bond acceptors (Lipinski definition) is 4. The Kier molecular flexibility index (Phi) is 6.09. The number of hydrogen-bond donors (Lipinski definition) is 2. The third-order valence-electron chi connectivity index (χ3n) is 4.41. The van der Waals surface area contributed by atoms with Crippen LogP contribution in [0.15, 0.2) is 47.1 Å². The highest BCUT2D eigenvalue weighted by Crippen LogP contribution is 2.13. The number of morpholine rings is 1. The van der Waals surface area contributed by atoms with E-state index in [2.05, 4.69) is 5.32 Å². The van der Waals surface area contributed by atoms with Crippen molar-refractivity contribution in [2.75, 3.05) is 39.5 Å². The molecule has 1 aromatic heterocycles.